The fraction of sp³-hybridized carbons (Fsp3) is 0.333. The van der Waals surface area contributed by atoms with Gasteiger partial charge >= 0.3 is 18.1 Å². The van der Waals surface area contributed by atoms with Crippen molar-refractivity contribution in [2.45, 2.75) is 12.8 Å². The van der Waals surface area contributed by atoms with Gasteiger partial charge in [0.25, 0.3) is 5.75 Å². The number of carbonyl (C=O) groups is 1. The van der Waals surface area contributed by atoms with Gasteiger partial charge in [-0.1, -0.05) is 0 Å². The molecule has 1 rings (SSSR count). The molecular weight excluding hydrogens is 289 g/mol. The van der Waals surface area contributed by atoms with Gasteiger partial charge in [0.1, 0.15) is 6.20 Å². The monoisotopic (exact) mass is 296 g/mol. The molecule has 1 aromatic heterocycles. The summed E-state index contributed by atoms with van der Waals surface area (Å²) in [7, 11) is 0.873. The molecule has 0 spiro atoms. The molecule has 8 nitrogen and oxygen atoms in total. The number of nitro groups is 1. The van der Waals surface area contributed by atoms with E-state index in [4.69, 9.17) is 5.11 Å². The Labute approximate surface area is 108 Å². The van der Waals surface area contributed by atoms with Crippen LogP contribution in [0.2, 0.25) is 0 Å². The van der Waals surface area contributed by atoms with Crippen molar-refractivity contribution in [2.75, 3.05) is 7.11 Å². The Kier molecular flexibility index (Phi) is 4.32. The molecule has 1 heterocycles. The van der Waals surface area contributed by atoms with E-state index < -0.39 is 46.6 Å². The van der Waals surface area contributed by atoms with E-state index in [-0.39, 0.29) is 0 Å². The third-order valence-electron chi connectivity index (χ3n) is 1.98. The molecule has 0 aliphatic rings. The lowest BCUT2D eigenvalue weighted by Crippen LogP contribution is -2.20. The fourth-order valence-corrected chi connectivity index (χ4v) is 1.33. The molecule has 0 saturated heterocycles. The number of hydrogen-bond acceptors (Lipinski definition) is 6. The van der Waals surface area contributed by atoms with Crippen molar-refractivity contribution in [3.63, 3.8) is 0 Å². The number of carboxylic acids is 1. The van der Waals surface area contributed by atoms with Crippen LogP contribution >= 0.6 is 0 Å². The number of aliphatic carboxylic acids is 1. The van der Waals surface area contributed by atoms with Crippen LogP contribution in [0.1, 0.15) is 5.56 Å². The zero-order valence-corrected chi connectivity index (χ0v) is 9.80. The quantitative estimate of drug-likeness (QED) is 0.647. The molecular formula is C9H7F3N2O6. The Morgan fingerprint density at radius 2 is 2.10 bits per heavy atom. The van der Waals surface area contributed by atoms with Crippen molar-refractivity contribution in [2.24, 2.45) is 0 Å². The Hall–Kier alpha value is -2.59. The zero-order chi connectivity index (χ0) is 15.5. The number of rotatable bonds is 5. The van der Waals surface area contributed by atoms with Crippen LogP contribution in [0.4, 0.5) is 19.0 Å². The highest BCUT2D eigenvalue weighted by atomic mass is 19.4. The van der Waals surface area contributed by atoms with Gasteiger partial charge in [0, 0.05) is 0 Å². The van der Waals surface area contributed by atoms with Gasteiger partial charge in [0.15, 0.2) is 5.75 Å². The molecule has 0 bridgehead atoms. The Bertz CT molecular complexity index is 545. The first-order valence-corrected chi connectivity index (χ1v) is 4.83. The molecule has 0 aliphatic heterocycles. The number of ether oxygens (including phenoxy) is 2. The number of pyridine rings is 1. The predicted octanol–water partition coefficient (Wildman–Crippen LogP) is 1.52. The first-order valence-electron chi connectivity index (χ1n) is 4.83. The maximum atomic E-state index is 12.3. The molecule has 0 atom stereocenters. The smallest absolute Gasteiger partial charge is 0.486 e. The van der Waals surface area contributed by atoms with Crippen molar-refractivity contribution in [1.29, 1.82) is 0 Å². The van der Waals surface area contributed by atoms with E-state index in [1.165, 1.54) is 0 Å². The van der Waals surface area contributed by atoms with Crippen LogP contribution in [0.25, 0.3) is 0 Å². The number of hydrogen-bond donors (Lipinski definition) is 1. The van der Waals surface area contributed by atoms with E-state index in [1.54, 1.807) is 0 Å². The minimum Gasteiger partial charge on any atom is -0.486 e. The number of carboxylic acid groups (broad SMARTS) is 1. The Morgan fingerprint density at radius 1 is 1.50 bits per heavy atom. The third-order valence-corrected chi connectivity index (χ3v) is 1.98. The SMILES string of the molecule is COc1c([N+](=O)[O-])ncc(CC(=O)O)c1OC(F)(F)F. The van der Waals surface area contributed by atoms with Crippen molar-refractivity contribution >= 4 is 11.8 Å². The van der Waals surface area contributed by atoms with Crippen LogP contribution in [-0.2, 0) is 11.2 Å². The topological polar surface area (TPSA) is 112 Å². The normalized spacial score (nSPS) is 11.0. The van der Waals surface area contributed by atoms with Crippen LogP contribution in [0.15, 0.2) is 6.20 Å². The highest BCUT2D eigenvalue weighted by Crippen LogP contribution is 2.40. The van der Waals surface area contributed by atoms with Crippen LogP contribution in [0, 0.1) is 10.1 Å². The molecule has 0 aliphatic carbocycles. The van der Waals surface area contributed by atoms with Crippen molar-refractivity contribution in [3.05, 3.63) is 21.9 Å². The lowest BCUT2D eigenvalue weighted by molar-refractivity contribution is -0.390. The van der Waals surface area contributed by atoms with Gasteiger partial charge in [-0.15, -0.1) is 13.2 Å². The summed E-state index contributed by atoms with van der Waals surface area (Å²) in [5, 5.41) is 19.2. The molecule has 1 N–H and O–H groups in total. The minimum atomic E-state index is -5.17. The molecule has 0 amide bonds. The zero-order valence-electron chi connectivity index (χ0n) is 9.80. The molecule has 0 saturated carbocycles. The highest BCUT2D eigenvalue weighted by molar-refractivity contribution is 5.72. The van der Waals surface area contributed by atoms with Crippen LogP contribution in [-0.4, -0.2) is 34.5 Å². The van der Waals surface area contributed by atoms with Gasteiger partial charge < -0.3 is 24.7 Å². The Balaban J connectivity index is 3.46. The van der Waals surface area contributed by atoms with Crippen LogP contribution in [0.3, 0.4) is 0 Å². The van der Waals surface area contributed by atoms with Crippen LogP contribution in [0.5, 0.6) is 11.5 Å². The van der Waals surface area contributed by atoms with E-state index in [9.17, 15) is 28.1 Å². The molecule has 1 aromatic rings. The highest BCUT2D eigenvalue weighted by Gasteiger charge is 2.37. The summed E-state index contributed by atoms with van der Waals surface area (Å²) < 4.78 is 45.0. The molecule has 0 radical (unpaired) electrons. The second-order valence-corrected chi connectivity index (χ2v) is 3.34. The van der Waals surface area contributed by atoms with E-state index >= 15 is 0 Å². The summed E-state index contributed by atoms with van der Waals surface area (Å²) in [5.74, 6) is -4.47. The number of halogens is 3. The molecule has 110 valence electrons. The van der Waals surface area contributed by atoms with E-state index in [0.29, 0.717) is 6.20 Å². The maximum absolute atomic E-state index is 12.3. The Morgan fingerprint density at radius 3 is 2.50 bits per heavy atom. The summed E-state index contributed by atoms with van der Waals surface area (Å²) >= 11 is 0. The second kappa shape index (κ2) is 5.59. The number of methoxy groups -OCH3 is 1. The first-order chi connectivity index (χ1) is 9.15. The average Bonchev–Trinajstić information content (AvgIpc) is 2.28. The summed E-state index contributed by atoms with van der Waals surface area (Å²) in [6.07, 6.45) is -5.42. The number of nitrogens with zero attached hydrogens (tertiary/aromatic N) is 2. The summed E-state index contributed by atoms with van der Waals surface area (Å²) in [6.45, 7) is 0. The second-order valence-electron chi connectivity index (χ2n) is 3.34. The molecule has 11 heteroatoms. The van der Waals surface area contributed by atoms with Crippen molar-refractivity contribution < 1.29 is 37.5 Å². The average molecular weight is 296 g/mol. The summed E-state index contributed by atoms with van der Waals surface area (Å²) in [4.78, 5) is 23.4. The lowest BCUT2D eigenvalue weighted by atomic mass is 10.2. The van der Waals surface area contributed by atoms with Crippen LogP contribution < -0.4 is 9.47 Å². The van der Waals surface area contributed by atoms with Gasteiger partial charge in [-0.3, -0.25) is 4.79 Å². The molecule has 0 fully saturated rings. The van der Waals surface area contributed by atoms with Gasteiger partial charge in [-0.2, -0.15) is 0 Å². The number of aromatic nitrogens is 1. The third kappa shape index (κ3) is 3.70. The predicted molar refractivity (Wildman–Crippen MR) is 55.5 cm³/mol. The fourth-order valence-electron chi connectivity index (χ4n) is 1.33. The first kappa shape index (κ1) is 15.5. The van der Waals surface area contributed by atoms with Gasteiger partial charge in [-0.05, 0) is 9.91 Å². The molecule has 0 unspecified atom stereocenters. The van der Waals surface area contributed by atoms with Crippen molar-refractivity contribution in [3.8, 4) is 11.5 Å². The molecule has 20 heavy (non-hydrogen) atoms. The van der Waals surface area contributed by atoms with Gasteiger partial charge in [0.05, 0.1) is 19.1 Å². The van der Waals surface area contributed by atoms with E-state index in [0.717, 1.165) is 7.11 Å². The van der Waals surface area contributed by atoms with Gasteiger partial charge in [0.2, 0.25) is 0 Å². The van der Waals surface area contributed by atoms with E-state index in [1.807, 2.05) is 0 Å². The minimum absolute atomic E-state index is 0.503. The molecule has 0 aromatic carbocycles. The van der Waals surface area contributed by atoms with Crippen molar-refractivity contribution in [1.82, 2.24) is 4.98 Å². The standard InChI is InChI=1S/C9H7F3N2O6/c1-19-7-6(20-9(10,11)12)4(2-5(15)16)3-13-8(7)14(17)18/h3H,2H2,1H3,(H,15,16). The summed E-state index contributed by atoms with van der Waals surface area (Å²) in [6, 6.07) is 0. The largest absolute Gasteiger partial charge is 0.573 e. The lowest BCUT2D eigenvalue weighted by Gasteiger charge is -2.14. The summed E-state index contributed by atoms with van der Waals surface area (Å²) in [5.41, 5.74) is -0.503. The maximum Gasteiger partial charge on any atom is 0.573 e. The number of alkyl halides is 3. The van der Waals surface area contributed by atoms with E-state index in [2.05, 4.69) is 14.5 Å². The van der Waals surface area contributed by atoms with Gasteiger partial charge in [-0.25, -0.2) is 0 Å².